The minimum Gasteiger partial charge on any atom is -0.478 e. The van der Waals surface area contributed by atoms with E-state index in [-0.39, 0.29) is 23.6 Å². The van der Waals surface area contributed by atoms with Gasteiger partial charge in [-0.3, -0.25) is 0 Å². The predicted octanol–water partition coefficient (Wildman–Crippen LogP) is 2.54. The fraction of sp³-hybridized carbons (Fsp3) is 0.278. The van der Waals surface area contributed by atoms with Crippen molar-refractivity contribution in [2.75, 3.05) is 19.8 Å². The Hall–Kier alpha value is -2.22. The Kier molecular flexibility index (Phi) is 5.17. The number of benzene rings is 2. The summed E-state index contributed by atoms with van der Waals surface area (Å²) >= 11 is 0. The smallest absolute Gasteiger partial charge is 0.336 e. The van der Waals surface area contributed by atoms with Gasteiger partial charge in [-0.25, -0.2) is 13.2 Å². The Morgan fingerprint density at radius 1 is 1.04 bits per heavy atom. The summed E-state index contributed by atoms with van der Waals surface area (Å²) in [5.41, 5.74) is 0.600. The molecule has 25 heavy (non-hydrogen) atoms. The van der Waals surface area contributed by atoms with Crippen LogP contribution in [0.4, 0.5) is 0 Å². The zero-order chi connectivity index (χ0) is 17.9. The molecule has 7 heteroatoms. The quantitative estimate of drug-likeness (QED) is 0.905. The van der Waals surface area contributed by atoms with E-state index >= 15 is 0 Å². The van der Waals surface area contributed by atoms with E-state index in [0.29, 0.717) is 18.6 Å². The molecule has 0 amide bonds. The molecule has 1 fully saturated rings. The normalized spacial score (nSPS) is 19.3. The number of nitrogens with zero attached hydrogens (tertiary/aromatic N) is 1. The van der Waals surface area contributed by atoms with Crippen molar-refractivity contribution in [1.29, 1.82) is 0 Å². The highest BCUT2D eigenvalue weighted by molar-refractivity contribution is 7.89. The lowest BCUT2D eigenvalue weighted by Crippen LogP contribution is -2.36. The standard InChI is InChI=1S/C18H19NO5S/c20-18(21)16-9-5-4-8-15(16)17-10-12-24-13-11-19(17)25(22,23)14-6-2-1-3-7-14/h1-9,17H,10-13H2,(H,20,21)/t17-/m1/s1. The molecule has 0 aromatic heterocycles. The van der Waals surface area contributed by atoms with Crippen LogP contribution >= 0.6 is 0 Å². The summed E-state index contributed by atoms with van der Waals surface area (Å²) in [4.78, 5) is 11.8. The molecule has 0 bridgehead atoms. The molecule has 0 radical (unpaired) electrons. The molecule has 0 saturated carbocycles. The predicted molar refractivity (Wildman–Crippen MR) is 91.9 cm³/mol. The molecule has 1 aliphatic heterocycles. The molecule has 0 unspecified atom stereocenters. The number of sulfonamides is 1. The first-order chi connectivity index (χ1) is 12.0. The largest absolute Gasteiger partial charge is 0.478 e. The van der Waals surface area contributed by atoms with E-state index in [1.807, 2.05) is 0 Å². The Labute approximate surface area is 146 Å². The van der Waals surface area contributed by atoms with E-state index < -0.39 is 22.0 Å². The molecule has 2 aromatic carbocycles. The fourth-order valence-corrected chi connectivity index (χ4v) is 4.70. The van der Waals surface area contributed by atoms with Crippen LogP contribution in [0.2, 0.25) is 0 Å². The van der Waals surface area contributed by atoms with Crippen molar-refractivity contribution in [3.05, 3.63) is 65.7 Å². The van der Waals surface area contributed by atoms with Crippen LogP contribution in [-0.4, -0.2) is 43.6 Å². The molecule has 132 valence electrons. The van der Waals surface area contributed by atoms with Gasteiger partial charge in [-0.15, -0.1) is 0 Å². The minimum atomic E-state index is -3.76. The number of ether oxygens (including phenoxy) is 1. The van der Waals surface area contributed by atoms with E-state index in [1.54, 1.807) is 48.5 Å². The molecular weight excluding hydrogens is 342 g/mol. The number of aromatic carboxylic acids is 1. The molecule has 1 atom stereocenters. The van der Waals surface area contributed by atoms with Crippen LogP contribution in [0.25, 0.3) is 0 Å². The molecule has 2 aromatic rings. The van der Waals surface area contributed by atoms with Gasteiger partial charge in [-0.2, -0.15) is 4.31 Å². The summed E-state index contributed by atoms with van der Waals surface area (Å²) in [7, 11) is -3.76. The summed E-state index contributed by atoms with van der Waals surface area (Å²) in [6, 6.07) is 14.1. The Morgan fingerprint density at radius 2 is 1.72 bits per heavy atom. The lowest BCUT2D eigenvalue weighted by atomic mass is 9.98. The third-order valence-electron chi connectivity index (χ3n) is 4.24. The van der Waals surface area contributed by atoms with Crippen molar-refractivity contribution in [3.63, 3.8) is 0 Å². The zero-order valence-corrected chi connectivity index (χ0v) is 14.4. The van der Waals surface area contributed by atoms with E-state index in [0.717, 1.165) is 0 Å². The molecule has 0 aliphatic carbocycles. The van der Waals surface area contributed by atoms with Gasteiger partial charge in [0.05, 0.1) is 23.1 Å². The summed E-state index contributed by atoms with van der Waals surface area (Å²) < 4.78 is 33.1. The zero-order valence-electron chi connectivity index (χ0n) is 13.5. The van der Waals surface area contributed by atoms with Crippen LogP contribution in [0, 0.1) is 0 Å². The maximum Gasteiger partial charge on any atom is 0.336 e. The van der Waals surface area contributed by atoms with Gasteiger partial charge < -0.3 is 9.84 Å². The van der Waals surface area contributed by atoms with Crippen LogP contribution in [0.1, 0.15) is 28.4 Å². The van der Waals surface area contributed by atoms with E-state index in [1.165, 1.54) is 10.4 Å². The monoisotopic (exact) mass is 361 g/mol. The summed E-state index contributed by atoms with van der Waals surface area (Å²) in [5, 5.41) is 9.47. The second-order valence-electron chi connectivity index (χ2n) is 5.74. The van der Waals surface area contributed by atoms with Crippen LogP contribution in [0.15, 0.2) is 59.5 Å². The average Bonchev–Trinajstić information content (AvgIpc) is 2.89. The van der Waals surface area contributed by atoms with Crippen molar-refractivity contribution in [2.45, 2.75) is 17.4 Å². The second kappa shape index (κ2) is 7.35. The van der Waals surface area contributed by atoms with Crippen molar-refractivity contribution < 1.29 is 23.1 Å². The lowest BCUT2D eigenvalue weighted by Gasteiger charge is -2.29. The molecule has 6 nitrogen and oxygen atoms in total. The number of hydrogen-bond acceptors (Lipinski definition) is 4. The second-order valence-corrected chi connectivity index (χ2v) is 7.63. The van der Waals surface area contributed by atoms with Crippen LogP contribution < -0.4 is 0 Å². The number of hydrogen-bond donors (Lipinski definition) is 1. The third-order valence-corrected chi connectivity index (χ3v) is 6.16. The Bertz CT molecular complexity index is 851. The number of rotatable bonds is 4. The van der Waals surface area contributed by atoms with Gasteiger partial charge in [-0.05, 0) is 30.2 Å². The van der Waals surface area contributed by atoms with E-state index in [9.17, 15) is 18.3 Å². The topological polar surface area (TPSA) is 83.9 Å². The van der Waals surface area contributed by atoms with Crippen LogP contribution in [0.5, 0.6) is 0 Å². The Balaban J connectivity index is 2.09. The molecule has 1 heterocycles. The Morgan fingerprint density at radius 3 is 2.44 bits per heavy atom. The highest BCUT2D eigenvalue weighted by atomic mass is 32.2. The first kappa shape index (κ1) is 17.6. The molecule has 3 rings (SSSR count). The minimum absolute atomic E-state index is 0.114. The first-order valence-corrected chi connectivity index (χ1v) is 9.42. The van der Waals surface area contributed by atoms with E-state index in [2.05, 4.69) is 0 Å². The maximum absolute atomic E-state index is 13.1. The molecule has 1 aliphatic rings. The van der Waals surface area contributed by atoms with Gasteiger partial charge >= 0.3 is 5.97 Å². The maximum atomic E-state index is 13.1. The van der Waals surface area contributed by atoms with Gasteiger partial charge in [0.25, 0.3) is 0 Å². The average molecular weight is 361 g/mol. The molecular formula is C18H19NO5S. The van der Waals surface area contributed by atoms with Crippen molar-refractivity contribution >= 4 is 16.0 Å². The molecule has 0 spiro atoms. The number of carbonyl (C=O) groups is 1. The number of carboxylic acids is 1. The van der Waals surface area contributed by atoms with Crippen LogP contribution in [0.3, 0.4) is 0 Å². The van der Waals surface area contributed by atoms with Crippen molar-refractivity contribution in [2.24, 2.45) is 0 Å². The molecule has 1 saturated heterocycles. The van der Waals surface area contributed by atoms with Gasteiger partial charge in [0.1, 0.15) is 0 Å². The first-order valence-electron chi connectivity index (χ1n) is 7.98. The van der Waals surface area contributed by atoms with Gasteiger partial charge in [0.15, 0.2) is 0 Å². The highest BCUT2D eigenvalue weighted by Gasteiger charge is 2.35. The number of carboxylic acid groups (broad SMARTS) is 1. The van der Waals surface area contributed by atoms with Crippen LogP contribution in [-0.2, 0) is 14.8 Å². The third kappa shape index (κ3) is 3.58. The summed E-state index contributed by atoms with van der Waals surface area (Å²) in [6.07, 6.45) is 0.399. The van der Waals surface area contributed by atoms with Crippen molar-refractivity contribution in [3.8, 4) is 0 Å². The van der Waals surface area contributed by atoms with Gasteiger partial charge in [-0.1, -0.05) is 36.4 Å². The molecule has 1 N–H and O–H groups in total. The van der Waals surface area contributed by atoms with Crippen molar-refractivity contribution in [1.82, 2.24) is 4.31 Å². The fourth-order valence-electron chi connectivity index (χ4n) is 3.06. The SMILES string of the molecule is O=C(O)c1ccccc1[C@H]1CCOCCN1S(=O)(=O)c1ccccc1. The highest BCUT2D eigenvalue weighted by Crippen LogP contribution is 2.33. The lowest BCUT2D eigenvalue weighted by molar-refractivity contribution is 0.0693. The van der Waals surface area contributed by atoms with E-state index in [4.69, 9.17) is 4.74 Å². The van der Waals surface area contributed by atoms with Gasteiger partial charge in [0, 0.05) is 13.2 Å². The summed E-state index contributed by atoms with van der Waals surface area (Å²) in [6.45, 7) is 0.826. The van der Waals surface area contributed by atoms with Gasteiger partial charge in [0.2, 0.25) is 10.0 Å². The summed E-state index contributed by atoms with van der Waals surface area (Å²) in [5.74, 6) is -1.07.